The molecule has 0 saturated heterocycles. The molecule has 126 valence electrons. The van der Waals surface area contributed by atoms with Gasteiger partial charge in [-0.1, -0.05) is 43.4 Å². The lowest BCUT2D eigenvalue weighted by atomic mass is 10.1. The minimum Gasteiger partial charge on any atom is -0.466 e. The molecule has 0 atom stereocenters. The molecule has 2 heteroatoms. The van der Waals surface area contributed by atoms with Crippen LogP contribution in [0.25, 0.3) is 0 Å². The number of esters is 1. The standard InChI is InChI=1S/C20H34O2/c1-3-5-6-7-8-9-10-11-12-13-14-15-16-17-18-19-20(21)22-4-2/h5-6,8-9,14-15H,3-4,7,10-13,16-19H2,1-2H3/b6-5-,9-8-,15-14-. The van der Waals surface area contributed by atoms with E-state index in [1.54, 1.807) is 0 Å². The largest absolute Gasteiger partial charge is 0.466 e. The number of carbonyl (C=O) groups is 1. The molecule has 0 spiro atoms. The molecule has 0 aromatic carbocycles. The average molecular weight is 306 g/mol. The molecule has 0 aliphatic heterocycles. The van der Waals surface area contributed by atoms with Crippen molar-refractivity contribution in [2.75, 3.05) is 6.61 Å². The van der Waals surface area contributed by atoms with Gasteiger partial charge in [0.15, 0.2) is 0 Å². The maximum atomic E-state index is 11.1. The molecular weight excluding hydrogens is 272 g/mol. The summed E-state index contributed by atoms with van der Waals surface area (Å²) in [4.78, 5) is 11.1. The Bertz CT molecular complexity index is 327. The van der Waals surface area contributed by atoms with E-state index in [9.17, 15) is 4.79 Å². The van der Waals surface area contributed by atoms with Crippen molar-refractivity contribution in [2.45, 2.75) is 78.1 Å². The summed E-state index contributed by atoms with van der Waals surface area (Å²) in [5.74, 6) is -0.0651. The van der Waals surface area contributed by atoms with E-state index in [1.807, 2.05) is 6.92 Å². The van der Waals surface area contributed by atoms with Crippen LogP contribution in [0.4, 0.5) is 0 Å². The minimum atomic E-state index is -0.0651. The molecule has 0 aliphatic rings. The summed E-state index contributed by atoms with van der Waals surface area (Å²) in [7, 11) is 0. The SMILES string of the molecule is CC/C=C\C/C=C\CCCC/C=C\CCCCC(=O)OCC. The maximum absolute atomic E-state index is 11.1. The Morgan fingerprint density at radius 2 is 1.32 bits per heavy atom. The van der Waals surface area contributed by atoms with Gasteiger partial charge >= 0.3 is 5.97 Å². The third kappa shape index (κ3) is 16.7. The summed E-state index contributed by atoms with van der Waals surface area (Å²) in [5.41, 5.74) is 0. The van der Waals surface area contributed by atoms with Crippen molar-refractivity contribution < 1.29 is 9.53 Å². The van der Waals surface area contributed by atoms with E-state index in [4.69, 9.17) is 4.74 Å². The molecule has 0 aromatic rings. The molecular formula is C20H34O2. The van der Waals surface area contributed by atoms with Crippen LogP contribution in [0.5, 0.6) is 0 Å². The quantitative estimate of drug-likeness (QED) is 0.219. The van der Waals surface area contributed by atoms with E-state index in [1.165, 1.54) is 25.7 Å². The lowest BCUT2D eigenvalue weighted by molar-refractivity contribution is -0.143. The molecule has 0 radical (unpaired) electrons. The Balaban J connectivity index is 3.27. The van der Waals surface area contributed by atoms with Crippen LogP contribution in [0.2, 0.25) is 0 Å². The van der Waals surface area contributed by atoms with Gasteiger partial charge in [-0.15, -0.1) is 0 Å². The van der Waals surface area contributed by atoms with E-state index < -0.39 is 0 Å². The van der Waals surface area contributed by atoms with Crippen LogP contribution in [0, 0.1) is 0 Å². The smallest absolute Gasteiger partial charge is 0.305 e. The van der Waals surface area contributed by atoms with Gasteiger partial charge in [0.25, 0.3) is 0 Å². The van der Waals surface area contributed by atoms with Gasteiger partial charge in [-0.2, -0.15) is 0 Å². The Morgan fingerprint density at radius 3 is 1.91 bits per heavy atom. The molecule has 0 N–H and O–H groups in total. The zero-order valence-electron chi connectivity index (χ0n) is 14.6. The van der Waals surface area contributed by atoms with Gasteiger partial charge in [0.05, 0.1) is 6.61 Å². The monoisotopic (exact) mass is 306 g/mol. The first-order valence-electron chi connectivity index (χ1n) is 8.91. The third-order valence-corrected chi connectivity index (χ3v) is 3.31. The Morgan fingerprint density at radius 1 is 0.773 bits per heavy atom. The highest BCUT2D eigenvalue weighted by Gasteiger charge is 1.99. The highest BCUT2D eigenvalue weighted by Crippen LogP contribution is 2.05. The van der Waals surface area contributed by atoms with E-state index in [0.29, 0.717) is 13.0 Å². The minimum absolute atomic E-state index is 0.0651. The molecule has 0 aliphatic carbocycles. The summed E-state index contributed by atoms with van der Waals surface area (Å²) < 4.78 is 4.89. The fourth-order valence-corrected chi connectivity index (χ4v) is 2.08. The number of allylic oxidation sites excluding steroid dienone is 6. The zero-order valence-corrected chi connectivity index (χ0v) is 14.6. The summed E-state index contributed by atoms with van der Waals surface area (Å²) in [6.07, 6.45) is 24.2. The number of hydrogen-bond acceptors (Lipinski definition) is 2. The van der Waals surface area contributed by atoms with E-state index in [-0.39, 0.29) is 5.97 Å². The number of hydrogen-bond donors (Lipinski definition) is 0. The summed E-state index contributed by atoms with van der Waals surface area (Å²) in [5, 5.41) is 0. The summed E-state index contributed by atoms with van der Waals surface area (Å²) in [6, 6.07) is 0. The fraction of sp³-hybridized carbons (Fsp3) is 0.650. The normalized spacial score (nSPS) is 11.9. The van der Waals surface area contributed by atoms with Gasteiger partial charge < -0.3 is 4.74 Å². The number of ether oxygens (including phenoxy) is 1. The van der Waals surface area contributed by atoms with Gasteiger partial charge in [-0.05, 0) is 64.7 Å². The van der Waals surface area contributed by atoms with Crippen LogP contribution in [0.1, 0.15) is 78.1 Å². The topological polar surface area (TPSA) is 26.3 Å². The van der Waals surface area contributed by atoms with Gasteiger partial charge in [-0.3, -0.25) is 4.79 Å². The van der Waals surface area contributed by atoms with Crippen LogP contribution < -0.4 is 0 Å². The second-order valence-electron chi connectivity index (χ2n) is 5.39. The molecule has 0 heterocycles. The van der Waals surface area contributed by atoms with Crippen LogP contribution >= 0.6 is 0 Å². The predicted molar refractivity (Wildman–Crippen MR) is 95.9 cm³/mol. The highest BCUT2D eigenvalue weighted by molar-refractivity contribution is 5.69. The van der Waals surface area contributed by atoms with E-state index in [2.05, 4.69) is 43.4 Å². The first kappa shape index (κ1) is 20.7. The van der Waals surface area contributed by atoms with E-state index in [0.717, 1.165) is 32.1 Å². The molecule has 0 amide bonds. The molecule has 0 unspecified atom stereocenters. The lowest BCUT2D eigenvalue weighted by Gasteiger charge is -2.00. The van der Waals surface area contributed by atoms with Crippen LogP contribution in [-0.4, -0.2) is 12.6 Å². The Labute approximate surface area is 137 Å². The van der Waals surface area contributed by atoms with Crippen molar-refractivity contribution >= 4 is 5.97 Å². The van der Waals surface area contributed by atoms with Crippen molar-refractivity contribution in [1.29, 1.82) is 0 Å². The van der Waals surface area contributed by atoms with Crippen molar-refractivity contribution in [2.24, 2.45) is 0 Å². The highest BCUT2D eigenvalue weighted by atomic mass is 16.5. The molecule has 0 bridgehead atoms. The third-order valence-electron chi connectivity index (χ3n) is 3.31. The first-order valence-corrected chi connectivity index (χ1v) is 8.91. The van der Waals surface area contributed by atoms with Crippen LogP contribution in [-0.2, 0) is 9.53 Å². The first-order chi connectivity index (χ1) is 10.8. The van der Waals surface area contributed by atoms with E-state index >= 15 is 0 Å². The van der Waals surface area contributed by atoms with Gasteiger partial charge in [-0.25, -0.2) is 0 Å². The second kappa shape index (κ2) is 17.7. The molecule has 0 rings (SSSR count). The fourth-order valence-electron chi connectivity index (χ4n) is 2.08. The number of rotatable bonds is 14. The van der Waals surface area contributed by atoms with Crippen LogP contribution in [0.15, 0.2) is 36.5 Å². The van der Waals surface area contributed by atoms with Gasteiger partial charge in [0, 0.05) is 6.42 Å². The molecule has 2 nitrogen and oxygen atoms in total. The van der Waals surface area contributed by atoms with Crippen LogP contribution in [0.3, 0.4) is 0 Å². The van der Waals surface area contributed by atoms with Crippen molar-refractivity contribution in [3.05, 3.63) is 36.5 Å². The molecule has 0 saturated carbocycles. The average Bonchev–Trinajstić information content (AvgIpc) is 2.51. The summed E-state index contributed by atoms with van der Waals surface area (Å²) in [6.45, 7) is 4.50. The molecule has 0 fully saturated rings. The lowest BCUT2D eigenvalue weighted by Crippen LogP contribution is -2.02. The van der Waals surface area contributed by atoms with Gasteiger partial charge in [0.1, 0.15) is 0 Å². The second-order valence-corrected chi connectivity index (χ2v) is 5.39. The van der Waals surface area contributed by atoms with Crippen molar-refractivity contribution in [3.8, 4) is 0 Å². The Kier molecular flexibility index (Phi) is 16.7. The Hall–Kier alpha value is -1.31. The maximum Gasteiger partial charge on any atom is 0.305 e. The molecule has 0 aromatic heterocycles. The number of carbonyl (C=O) groups excluding carboxylic acids is 1. The molecule has 22 heavy (non-hydrogen) atoms. The predicted octanol–water partition coefficient (Wildman–Crippen LogP) is 6.14. The zero-order chi connectivity index (χ0) is 16.3. The van der Waals surface area contributed by atoms with Gasteiger partial charge in [0.2, 0.25) is 0 Å². The van der Waals surface area contributed by atoms with Crippen molar-refractivity contribution in [3.63, 3.8) is 0 Å². The summed E-state index contributed by atoms with van der Waals surface area (Å²) >= 11 is 0. The number of unbranched alkanes of at least 4 members (excludes halogenated alkanes) is 5. The van der Waals surface area contributed by atoms with Crippen molar-refractivity contribution in [1.82, 2.24) is 0 Å².